The summed E-state index contributed by atoms with van der Waals surface area (Å²) in [7, 11) is 1.61. The molecule has 3 rings (SSSR count). The highest BCUT2D eigenvalue weighted by Crippen LogP contribution is 2.21. The summed E-state index contributed by atoms with van der Waals surface area (Å²) >= 11 is 1.23. The van der Waals surface area contributed by atoms with E-state index in [9.17, 15) is 19.1 Å². The molecule has 158 valence electrons. The fourth-order valence-electron chi connectivity index (χ4n) is 2.77. The average Bonchev–Trinajstić information content (AvgIpc) is 3.15. The third-order valence-corrected chi connectivity index (χ3v) is 5.28. The highest BCUT2D eigenvalue weighted by atomic mass is 32.2. The van der Waals surface area contributed by atoms with Crippen molar-refractivity contribution in [1.82, 2.24) is 19.3 Å². The molecule has 0 bridgehead atoms. The van der Waals surface area contributed by atoms with Gasteiger partial charge in [-0.3, -0.25) is 14.3 Å². The van der Waals surface area contributed by atoms with Gasteiger partial charge < -0.3 is 14.4 Å². The topological polar surface area (TPSA) is 99.2 Å². The van der Waals surface area contributed by atoms with Crippen LogP contribution in [0.15, 0.2) is 52.8 Å². The number of methoxy groups -OCH3 is 1. The first-order valence-electron chi connectivity index (χ1n) is 9.14. The Morgan fingerprint density at radius 2 is 2.00 bits per heavy atom. The minimum Gasteiger partial charge on any atom is -0.480 e. The van der Waals surface area contributed by atoms with Gasteiger partial charge >= 0.3 is 5.97 Å². The van der Waals surface area contributed by atoms with E-state index in [0.717, 1.165) is 11.1 Å². The van der Waals surface area contributed by atoms with Gasteiger partial charge in [-0.25, -0.2) is 4.39 Å². The normalized spacial score (nSPS) is 11.0. The number of hydrogen-bond donors (Lipinski definition) is 1. The van der Waals surface area contributed by atoms with Crippen LogP contribution in [0, 0.1) is 5.82 Å². The van der Waals surface area contributed by atoms with Gasteiger partial charge in [-0.05, 0) is 23.3 Å². The number of carbonyl (C=O) groups is 1. The summed E-state index contributed by atoms with van der Waals surface area (Å²) in [6.45, 7) is 0.796. The standard InChI is InChI=1S/C20H21FN4O4S/c1-29-7-6-25-10-15(9-22-25)8-16-11-24(12-18(26)27)20(23-19(16)28)30-13-14-2-4-17(21)5-3-14/h2-5,9-11H,6-8,12-13H2,1H3,(H,26,27). The van der Waals surface area contributed by atoms with E-state index in [-0.39, 0.29) is 12.4 Å². The summed E-state index contributed by atoms with van der Waals surface area (Å²) in [5, 5.41) is 13.8. The Morgan fingerprint density at radius 1 is 1.23 bits per heavy atom. The molecule has 0 fully saturated rings. The molecule has 8 nitrogen and oxygen atoms in total. The zero-order valence-corrected chi connectivity index (χ0v) is 17.1. The fourth-order valence-corrected chi connectivity index (χ4v) is 3.69. The van der Waals surface area contributed by atoms with Crippen LogP contribution in [0.25, 0.3) is 0 Å². The van der Waals surface area contributed by atoms with Crippen molar-refractivity contribution in [3.63, 3.8) is 0 Å². The summed E-state index contributed by atoms with van der Waals surface area (Å²) in [6, 6.07) is 5.97. The molecule has 0 unspecified atom stereocenters. The summed E-state index contributed by atoms with van der Waals surface area (Å²) < 4.78 is 21.2. The molecule has 0 aliphatic carbocycles. The molecule has 0 saturated heterocycles. The minimum atomic E-state index is -1.04. The van der Waals surface area contributed by atoms with Crippen molar-refractivity contribution in [3.8, 4) is 0 Å². The summed E-state index contributed by atoms with van der Waals surface area (Å²) in [5.74, 6) is -0.945. The molecule has 0 saturated carbocycles. The number of halogens is 1. The van der Waals surface area contributed by atoms with Crippen molar-refractivity contribution in [3.05, 3.63) is 75.7 Å². The van der Waals surface area contributed by atoms with E-state index in [2.05, 4.69) is 10.1 Å². The van der Waals surface area contributed by atoms with E-state index in [1.54, 1.807) is 30.1 Å². The number of rotatable bonds is 10. The number of carboxylic acid groups (broad SMARTS) is 1. The second kappa shape index (κ2) is 10.2. The number of aromatic nitrogens is 4. The Balaban J connectivity index is 1.79. The lowest BCUT2D eigenvalue weighted by Crippen LogP contribution is -2.22. The highest BCUT2D eigenvalue weighted by molar-refractivity contribution is 7.98. The van der Waals surface area contributed by atoms with Crippen molar-refractivity contribution in [1.29, 1.82) is 0 Å². The zero-order chi connectivity index (χ0) is 21.5. The van der Waals surface area contributed by atoms with Gasteiger partial charge in [-0.2, -0.15) is 10.1 Å². The van der Waals surface area contributed by atoms with E-state index in [1.165, 1.54) is 34.7 Å². The molecule has 0 aliphatic rings. The minimum absolute atomic E-state index is 0.293. The number of ether oxygens (including phenoxy) is 1. The quantitative estimate of drug-likeness (QED) is 0.387. The summed E-state index contributed by atoms with van der Waals surface area (Å²) in [4.78, 5) is 27.9. The molecule has 10 heteroatoms. The van der Waals surface area contributed by atoms with Crippen LogP contribution in [-0.2, 0) is 34.8 Å². The van der Waals surface area contributed by atoms with E-state index >= 15 is 0 Å². The molecule has 30 heavy (non-hydrogen) atoms. The smallest absolute Gasteiger partial charge is 0.323 e. The first-order chi connectivity index (χ1) is 14.4. The maximum absolute atomic E-state index is 13.1. The Labute approximate surface area is 176 Å². The second-order valence-electron chi connectivity index (χ2n) is 6.57. The molecular formula is C20H21FN4O4S. The lowest BCUT2D eigenvalue weighted by molar-refractivity contribution is -0.137. The number of hydrogen-bond acceptors (Lipinski definition) is 6. The van der Waals surface area contributed by atoms with Crippen LogP contribution in [0.5, 0.6) is 0 Å². The highest BCUT2D eigenvalue weighted by Gasteiger charge is 2.13. The van der Waals surface area contributed by atoms with E-state index < -0.39 is 11.5 Å². The van der Waals surface area contributed by atoms with Gasteiger partial charge in [0, 0.05) is 37.2 Å². The molecule has 3 aromatic rings. The van der Waals surface area contributed by atoms with Crippen LogP contribution in [0.2, 0.25) is 0 Å². The third-order valence-electron chi connectivity index (χ3n) is 4.22. The monoisotopic (exact) mass is 432 g/mol. The van der Waals surface area contributed by atoms with Crippen LogP contribution >= 0.6 is 11.8 Å². The van der Waals surface area contributed by atoms with Crippen LogP contribution in [0.4, 0.5) is 4.39 Å². The Kier molecular flexibility index (Phi) is 7.36. The first kappa shape index (κ1) is 21.7. The molecular weight excluding hydrogens is 411 g/mol. The largest absolute Gasteiger partial charge is 0.480 e. The first-order valence-corrected chi connectivity index (χ1v) is 10.1. The Morgan fingerprint density at radius 3 is 2.70 bits per heavy atom. The molecule has 1 N–H and O–H groups in total. The van der Waals surface area contributed by atoms with Gasteiger partial charge in [-0.15, -0.1) is 0 Å². The maximum Gasteiger partial charge on any atom is 0.323 e. The Bertz CT molecular complexity index is 1070. The number of thioether (sulfide) groups is 1. The molecule has 1 aromatic carbocycles. The van der Waals surface area contributed by atoms with Crippen LogP contribution < -0.4 is 5.56 Å². The van der Waals surface area contributed by atoms with Gasteiger partial charge in [0.15, 0.2) is 5.16 Å². The lowest BCUT2D eigenvalue weighted by atomic mass is 10.1. The average molecular weight is 432 g/mol. The molecule has 0 atom stereocenters. The zero-order valence-electron chi connectivity index (χ0n) is 16.3. The molecule has 0 radical (unpaired) electrons. The van der Waals surface area contributed by atoms with Crippen molar-refractivity contribution in [2.75, 3.05) is 13.7 Å². The van der Waals surface area contributed by atoms with Crippen LogP contribution in [0.3, 0.4) is 0 Å². The van der Waals surface area contributed by atoms with Gasteiger partial charge in [0.25, 0.3) is 5.56 Å². The van der Waals surface area contributed by atoms with Gasteiger partial charge in [0.2, 0.25) is 0 Å². The van der Waals surface area contributed by atoms with Crippen molar-refractivity contribution >= 4 is 17.7 Å². The molecule has 0 spiro atoms. The summed E-state index contributed by atoms with van der Waals surface area (Å²) in [5.41, 5.74) is 1.63. The van der Waals surface area contributed by atoms with E-state index in [0.29, 0.717) is 36.0 Å². The van der Waals surface area contributed by atoms with Crippen molar-refractivity contribution in [2.45, 2.75) is 30.4 Å². The van der Waals surface area contributed by atoms with Crippen LogP contribution in [0.1, 0.15) is 16.7 Å². The number of benzene rings is 1. The van der Waals surface area contributed by atoms with Gasteiger partial charge in [-0.1, -0.05) is 23.9 Å². The number of nitrogens with zero attached hydrogens (tertiary/aromatic N) is 4. The maximum atomic E-state index is 13.1. The molecule has 2 aromatic heterocycles. The Hall–Kier alpha value is -2.98. The lowest BCUT2D eigenvalue weighted by Gasteiger charge is -2.12. The molecule has 0 aliphatic heterocycles. The van der Waals surface area contributed by atoms with Crippen molar-refractivity contribution < 1.29 is 19.0 Å². The SMILES string of the molecule is COCCn1cc(Cc2cn(CC(=O)O)c(SCc3ccc(F)cc3)nc2=O)cn1. The fraction of sp³-hybridized carbons (Fsp3) is 0.300. The predicted octanol–water partition coefficient (Wildman–Crippen LogP) is 2.19. The van der Waals surface area contributed by atoms with Crippen molar-refractivity contribution in [2.24, 2.45) is 0 Å². The van der Waals surface area contributed by atoms with Crippen LogP contribution in [-0.4, -0.2) is 44.1 Å². The van der Waals surface area contributed by atoms with E-state index in [4.69, 9.17) is 4.74 Å². The van der Waals surface area contributed by atoms with Gasteiger partial charge in [0.1, 0.15) is 12.4 Å². The predicted molar refractivity (Wildman–Crippen MR) is 109 cm³/mol. The second-order valence-corrected chi connectivity index (χ2v) is 7.51. The third kappa shape index (κ3) is 6.01. The number of carboxylic acids is 1. The molecule has 2 heterocycles. The summed E-state index contributed by atoms with van der Waals surface area (Å²) in [6.07, 6.45) is 5.30. The molecule has 0 amide bonds. The van der Waals surface area contributed by atoms with E-state index in [1.807, 2.05) is 6.20 Å². The van der Waals surface area contributed by atoms with Gasteiger partial charge in [0.05, 0.1) is 19.3 Å². The number of aliphatic carboxylic acids is 1.